The van der Waals surface area contributed by atoms with Crippen LogP contribution in [0, 0.1) is 0 Å². The summed E-state index contributed by atoms with van der Waals surface area (Å²) in [5.41, 5.74) is -1.56. The van der Waals surface area contributed by atoms with E-state index in [0.717, 1.165) is 28.9 Å². The molecule has 0 spiro atoms. The van der Waals surface area contributed by atoms with Gasteiger partial charge in [-0.2, -0.15) is 18.3 Å². The summed E-state index contributed by atoms with van der Waals surface area (Å²) in [4.78, 5) is 23.5. The number of carbonyl (C=O) groups excluding carboxylic acids is 1. The first-order valence-electron chi connectivity index (χ1n) is 7.42. The van der Waals surface area contributed by atoms with Crippen LogP contribution in [0.3, 0.4) is 0 Å². The van der Waals surface area contributed by atoms with Gasteiger partial charge in [0.15, 0.2) is 0 Å². The Bertz CT molecular complexity index is 831. The fraction of sp³-hybridized carbons (Fsp3) is 0.312. The van der Waals surface area contributed by atoms with Crippen molar-refractivity contribution in [1.82, 2.24) is 9.78 Å². The van der Waals surface area contributed by atoms with Crippen molar-refractivity contribution in [3.63, 3.8) is 0 Å². The summed E-state index contributed by atoms with van der Waals surface area (Å²) >= 11 is 0. The third-order valence-electron chi connectivity index (χ3n) is 3.21. The molecule has 0 radical (unpaired) electrons. The molecule has 25 heavy (non-hydrogen) atoms. The Morgan fingerprint density at radius 1 is 1.28 bits per heavy atom. The van der Waals surface area contributed by atoms with E-state index in [2.05, 4.69) is 10.4 Å². The molecule has 2 rings (SSSR count). The molecular weight excluding hydrogens is 339 g/mol. The number of hydrogen-bond donors (Lipinski definition) is 1. The lowest BCUT2D eigenvalue weighted by Crippen LogP contribution is -2.24. The summed E-state index contributed by atoms with van der Waals surface area (Å²) in [7, 11) is 1.36. The maximum Gasteiger partial charge on any atom is 0.416 e. The number of hydrogen-bond acceptors (Lipinski definition) is 4. The molecule has 9 heteroatoms. The Kier molecular flexibility index (Phi) is 5.45. The minimum absolute atomic E-state index is 0.110. The smallest absolute Gasteiger partial charge is 0.416 e. The molecule has 0 fully saturated rings. The number of aryl methyl sites for hydroxylation is 1. The predicted molar refractivity (Wildman–Crippen MR) is 84.7 cm³/mol. The van der Waals surface area contributed by atoms with Gasteiger partial charge in [0.1, 0.15) is 11.4 Å². The van der Waals surface area contributed by atoms with Gasteiger partial charge in [0.25, 0.3) is 11.5 Å². The first-order valence-corrected chi connectivity index (χ1v) is 7.42. The number of carbonyl (C=O) groups is 1. The van der Waals surface area contributed by atoms with Gasteiger partial charge in [0.05, 0.1) is 17.9 Å². The minimum Gasteiger partial charge on any atom is -0.491 e. The molecule has 6 nitrogen and oxygen atoms in total. The molecule has 0 aliphatic rings. The number of anilines is 1. The summed E-state index contributed by atoms with van der Waals surface area (Å²) in [6.07, 6.45) is -3.91. The molecule has 0 saturated heterocycles. The van der Waals surface area contributed by atoms with Gasteiger partial charge in [-0.05, 0) is 30.7 Å². The second-order valence-corrected chi connectivity index (χ2v) is 5.19. The molecule has 0 bridgehead atoms. The van der Waals surface area contributed by atoms with Crippen molar-refractivity contribution >= 4 is 11.6 Å². The molecule has 1 N–H and O–H groups in total. The monoisotopic (exact) mass is 355 g/mol. The predicted octanol–water partition coefficient (Wildman–Crippen LogP) is 2.84. The number of aromatic nitrogens is 2. The standard InChI is InChI=1S/C16H16F3N3O3/c1-3-8-25-13-6-4-10(16(17,18)19)9-12(13)20-15(24)11-5-7-14(23)22(2)21-11/h4-7,9H,3,8H2,1-2H3,(H,20,24). The van der Waals surface area contributed by atoms with Crippen molar-refractivity contribution in [1.29, 1.82) is 0 Å². The van der Waals surface area contributed by atoms with Crippen molar-refractivity contribution in [2.45, 2.75) is 19.5 Å². The van der Waals surface area contributed by atoms with Crippen LogP contribution in [-0.4, -0.2) is 22.3 Å². The number of alkyl halides is 3. The van der Waals surface area contributed by atoms with Gasteiger partial charge < -0.3 is 10.1 Å². The first-order chi connectivity index (χ1) is 11.7. The van der Waals surface area contributed by atoms with Gasteiger partial charge in [-0.15, -0.1) is 0 Å². The third-order valence-corrected chi connectivity index (χ3v) is 3.21. The number of amides is 1. The zero-order valence-corrected chi connectivity index (χ0v) is 13.6. The number of nitrogens with zero attached hydrogens (tertiary/aromatic N) is 2. The van der Waals surface area contributed by atoms with E-state index in [1.807, 2.05) is 6.92 Å². The van der Waals surface area contributed by atoms with Crippen molar-refractivity contribution < 1.29 is 22.7 Å². The SMILES string of the molecule is CCCOc1ccc(C(F)(F)F)cc1NC(=O)c1ccc(=O)n(C)n1. The van der Waals surface area contributed by atoms with Crippen LogP contribution in [0.25, 0.3) is 0 Å². The van der Waals surface area contributed by atoms with E-state index < -0.39 is 23.2 Å². The fourth-order valence-corrected chi connectivity index (χ4v) is 1.95. The average molecular weight is 355 g/mol. The molecular formula is C16H16F3N3O3. The van der Waals surface area contributed by atoms with E-state index in [1.54, 1.807) is 0 Å². The highest BCUT2D eigenvalue weighted by molar-refractivity contribution is 6.03. The lowest BCUT2D eigenvalue weighted by Gasteiger charge is -2.15. The summed E-state index contributed by atoms with van der Waals surface area (Å²) in [5.74, 6) is -0.635. The molecule has 1 heterocycles. The van der Waals surface area contributed by atoms with Gasteiger partial charge in [-0.1, -0.05) is 6.92 Å². The second kappa shape index (κ2) is 7.37. The number of halogens is 3. The quantitative estimate of drug-likeness (QED) is 0.895. The van der Waals surface area contributed by atoms with Gasteiger partial charge >= 0.3 is 6.18 Å². The van der Waals surface area contributed by atoms with Crippen LogP contribution in [0.2, 0.25) is 0 Å². The maximum atomic E-state index is 12.9. The van der Waals surface area contributed by atoms with Crippen LogP contribution in [0.1, 0.15) is 29.4 Å². The van der Waals surface area contributed by atoms with Crippen molar-refractivity contribution in [3.05, 3.63) is 51.9 Å². The van der Waals surface area contributed by atoms with Crippen LogP contribution < -0.4 is 15.6 Å². The highest BCUT2D eigenvalue weighted by Crippen LogP contribution is 2.35. The van der Waals surface area contributed by atoms with Crippen molar-refractivity contribution in [3.8, 4) is 5.75 Å². The lowest BCUT2D eigenvalue weighted by atomic mass is 10.1. The van der Waals surface area contributed by atoms with Crippen LogP contribution >= 0.6 is 0 Å². The van der Waals surface area contributed by atoms with Crippen molar-refractivity contribution in [2.75, 3.05) is 11.9 Å². The topological polar surface area (TPSA) is 73.2 Å². The Morgan fingerprint density at radius 3 is 2.60 bits per heavy atom. The molecule has 1 aromatic heterocycles. The number of nitrogens with one attached hydrogen (secondary N) is 1. The Balaban J connectivity index is 2.35. The molecule has 1 aromatic carbocycles. The number of benzene rings is 1. The first kappa shape index (κ1) is 18.5. The number of rotatable bonds is 5. The molecule has 0 saturated carbocycles. The highest BCUT2D eigenvalue weighted by Gasteiger charge is 2.31. The van der Waals surface area contributed by atoms with E-state index in [1.165, 1.54) is 13.1 Å². The number of ether oxygens (including phenoxy) is 1. The minimum atomic E-state index is -4.56. The Hall–Kier alpha value is -2.84. The lowest BCUT2D eigenvalue weighted by molar-refractivity contribution is -0.137. The maximum absolute atomic E-state index is 12.9. The van der Waals surface area contributed by atoms with E-state index in [9.17, 15) is 22.8 Å². The third kappa shape index (κ3) is 4.59. The van der Waals surface area contributed by atoms with Gasteiger partial charge in [0, 0.05) is 13.1 Å². The van der Waals surface area contributed by atoms with E-state index in [4.69, 9.17) is 4.74 Å². The Labute approximate surface area is 141 Å². The zero-order chi connectivity index (χ0) is 18.6. The molecule has 134 valence electrons. The van der Waals surface area contributed by atoms with Crippen molar-refractivity contribution in [2.24, 2.45) is 7.05 Å². The van der Waals surface area contributed by atoms with Crippen LogP contribution in [0.5, 0.6) is 5.75 Å². The van der Waals surface area contributed by atoms with Gasteiger partial charge in [0.2, 0.25) is 0 Å². The van der Waals surface area contributed by atoms with E-state index in [-0.39, 0.29) is 23.7 Å². The van der Waals surface area contributed by atoms with Crippen LogP contribution in [0.15, 0.2) is 35.1 Å². The molecule has 0 aliphatic carbocycles. The normalized spacial score (nSPS) is 11.2. The fourth-order valence-electron chi connectivity index (χ4n) is 1.95. The summed E-state index contributed by atoms with van der Waals surface area (Å²) in [6, 6.07) is 5.17. The van der Waals surface area contributed by atoms with Gasteiger partial charge in [-0.25, -0.2) is 4.68 Å². The average Bonchev–Trinajstić information content (AvgIpc) is 2.55. The zero-order valence-electron chi connectivity index (χ0n) is 13.6. The molecule has 0 aliphatic heterocycles. The Morgan fingerprint density at radius 2 is 2.00 bits per heavy atom. The summed E-state index contributed by atoms with van der Waals surface area (Å²) in [5, 5.41) is 6.11. The van der Waals surface area contributed by atoms with Crippen LogP contribution in [0.4, 0.5) is 18.9 Å². The second-order valence-electron chi connectivity index (χ2n) is 5.19. The highest BCUT2D eigenvalue weighted by atomic mass is 19.4. The molecule has 0 unspecified atom stereocenters. The van der Waals surface area contributed by atoms with E-state index in [0.29, 0.717) is 6.42 Å². The summed E-state index contributed by atoms with van der Waals surface area (Å²) < 4.78 is 45.0. The molecule has 1 amide bonds. The molecule has 0 atom stereocenters. The van der Waals surface area contributed by atoms with Gasteiger partial charge in [-0.3, -0.25) is 9.59 Å². The van der Waals surface area contributed by atoms with Crippen LogP contribution in [-0.2, 0) is 13.2 Å². The van der Waals surface area contributed by atoms with E-state index >= 15 is 0 Å². The molecule has 2 aromatic rings. The largest absolute Gasteiger partial charge is 0.491 e. The summed E-state index contributed by atoms with van der Waals surface area (Å²) in [6.45, 7) is 2.13.